The summed E-state index contributed by atoms with van der Waals surface area (Å²) in [5.74, 6) is -0.960. The Balaban J connectivity index is 2.46. The molecule has 1 aromatic heterocycles. The quantitative estimate of drug-likeness (QED) is 0.691. The summed E-state index contributed by atoms with van der Waals surface area (Å²) in [4.78, 5) is 25.5. The molecule has 1 amide bonds. The van der Waals surface area contributed by atoms with Crippen LogP contribution in [0.15, 0.2) is 24.3 Å². The molecule has 0 atom stereocenters. The van der Waals surface area contributed by atoms with Gasteiger partial charge in [-0.3, -0.25) is 4.79 Å². The number of aryl methyl sites for hydroxylation is 1. The first-order chi connectivity index (χ1) is 12.0. The van der Waals surface area contributed by atoms with Crippen LogP contribution in [0.25, 0.3) is 11.1 Å². The van der Waals surface area contributed by atoms with E-state index in [1.165, 1.54) is 23.5 Å². The lowest BCUT2D eigenvalue weighted by Gasteiger charge is -2.09. The highest BCUT2D eigenvalue weighted by molar-refractivity contribution is 7.17. The number of carbonyl (C=O) groups excluding carboxylic acids is 2. The van der Waals surface area contributed by atoms with E-state index in [9.17, 15) is 14.0 Å². The van der Waals surface area contributed by atoms with Crippen LogP contribution < -0.4 is 5.32 Å². The zero-order valence-corrected chi connectivity index (χ0v) is 15.5. The van der Waals surface area contributed by atoms with E-state index in [1.807, 2.05) is 13.8 Å². The van der Waals surface area contributed by atoms with Crippen molar-refractivity contribution in [3.63, 3.8) is 0 Å². The monoisotopic (exact) mass is 363 g/mol. The van der Waals surface area contributed by atoms with Gasteiger partial charge in [0.1, 0.15) is 16.4 Å². The second kappa shape index (κ2) is 8.76. The maximum absolute atomic E-state index is 13.2. The first kappa shape index (κ1) is 19.1. The highest BCUT2D eigenvalue weighted by Gasteiger charge is 2.25. The van der Waals surface area contributed by atoms with Crippen LogP contribution in [0.2, 0.25) is 0 Å². The van der Waals surface area contributed by atoms with E-state index in [4.69, 9.17) is 4.74 Å². The molecule has 0 aliphatic rings. The van der Waals surface area contributed by atoms with Gasteiger partial charge in [0, 0.05) is 16.9 Å². The molecule has 0 radical (unpaired) electrons. The summed E-state index contributed by atoms with van der Waals surface area (Å²) in [6.45, 7) is 5.85. The van der Waals surface area contributed by atoms with Gasteiger partial charge in [-0.1, -0.05) is 25.5 Å². The predicted molar refractivity (Wildman–Crippen MR) is 98.6 cm³/mol. The van der Waals surface area contributed by atoms with Crippen molar-refractivity contribution in [2.75, 3.05) is 11.9 Å². The number of unbranched alkanes of at least 4 members (excludes halogenated alkanes) is 1. The van der Waals surface area contributed by atoms with E-state index in [0.717, 1.165) is 17.7 Å². The molecule has 1 N–H and O–H groups in total. The number of hydrogen-bond acceptors (Lipinski definition) is 4. The first-order valence-corrected chi connectivity index (χ1v) is 9.15. The number of carbonyl (C=O) groups is 2. The van der Waals surface area contributed by atoms with Crippen molar-refractivity contribution in [3.05, 3.63) is 40.5 Å². The highest BCUT2D eigenvalue weighted by Crippen LogP contribution is 2.40. The fourth-order valence-electron chi connectivity index (χ4n) is 2.52. The number of esters is 1. The van der Waals surface area contributed by atoms with Crippen LogP contribution in [-0.2, 0) is 9.53 Å². The summed E-state index contributed by atoms with van der Waals surface area (Å²) in [6.07, 6.45) is 2.11. The van der Waals surface area contributed by atoms with Gasteiger partial charge in [-0.2, -0.15) is 0 Å². The Morgan fingerprint density at radius 3 is 2.48 bits per heavy atom. The van der Waals surface area contributed by atoms with E-state index in [2.05, 4.69) is 5.32 Å². The molecule has 4 nitrogen and oxygen atoms in total. The number of rotatable bonds is 7. The third kappa shape index (κ3) is 4.66. The molecule has 0 aliphatic carbocycles. The van der Waals surface area contributed by atoms with Gasteiger partial charge in [0.25, 0.3) is 0 Å². The van der Waals surface area contributed by atoms with Gasteiger partial charge < -0.3 is 10.1 Å². The molecule has 25 heavy (non-hydrogen) atoms. The van der Waals surface area contributed by atoms with Gasteiger partial charge in [-0.25, -0.2) is 9.18 Å². The zero-order valence-electron chi connectivity index (χ0n) is 14.6. The number of thiophene rings is 1. The molecule has 0 saturated heterocycles. The minimum Gasteiger partial charge on any atom is -0.462 e. The number of anilines is 1. The van der Waals surface area contributed by atoms with E-state index >= 15 is 0 Å². The molecule has 2 aromatic rings. The number of ether oxygens (including phenoxy) is 1. The SMILES string of the molecule is CCCCC(=O)Nc1sc(C)c(-c2ccc(F)cc2)c1C(=O)OCC. The molecule has 134 valence electrons. The van der Waals surface area contributed by atoms with Crippen LogP contribution in [-0.4, -0.2) is 18.5 Å². The highest BCUT2D eigenvalue weighted by atomic mass is 32.1. The Hall–Kier alpha value is -2.21. The topological polar surface area (TPSA) is 55.4 Å². The van der Waals surface area contributed by atoms with Crippen molar-refractivity contribution in [1.29, 1.82) is 0 Å². The normalized spacial score (nSPS) is 10.6. The molecule has 1 heterocycles. The van der Waals surface area contributed by atoms with Crippen LogP contribution in [0, 0.1) is 12.7 Å². The summed E-state index contributed by atoms with van der Waals surface area (Å²) >= 11 is 1.33. The van der Waals surface area contributed by atoms with Crippen LogP contribution in [0.1, 0.15) is 48.3 Å². The third-order valence-electron chi connectivity index (χ3n) is 3.71. The molecule has 0 bridgehead atoms. The van der Waals surface area contributed by atoms with Crippen LogP contribution in [0.3, 0.4) is 0 Å². The molecule has 0 saturated carbocycles. The summed E-state index contributed by atoms with van der Waals surface area (Å²) in [5.41, 5.74) is 1.72. The van der Waals surface area contributed by atoms with E-state index in [0.29, 0.717) is 28.1 Å². The summed E-state index contributed by atoms with van der Waals surface area (Å²) in [5, 5.41) is 3.31. The molecular weight excluding hydrogens is 341 g/mol. The van der Waals surface area contributed by atoms with E-state index in [1.54, 1.807) is 19.1 Å². The van der Waals surface area contributed by atoms with Crippen LogP contribution in [0.5, 0.6) is 0 Å². The largest absolute Gasteiger partial charge is 0.462 e. The molecule has 0 fully saturated rings. The summed E-state index contributed by atoms with van der Waals surface area (Å²) in [6, 6.07) is 5.94. The van der Waals surface area contributed by atoms with Gasteiger partial charge >= 0.3 is 5.97 Å². The molecule has 6 heteroatoms. The molecule has 2 rings (SSSR count). The Morgan fingerprint density at radius 1 is 1.20 bits per heavy atom. The predicted octanol–water partition coefficient (Wildman–Crippen LogP) is 5.17. The lowest BCUT2D eigenvalue weighted by Crippen LogP contribution is -2.14. The summed E-state index contributed by atoms with van der Waals surface area (Å²) < 4.78 is 18.4. The molecular formula is C19H22FNO3S. The van der Waals surface area contributed by atoms with Gasteiger partial charge in [0.15, 0.2) is 0 Å². The number of benzene rings is 1. The van der Waals surface area contributed by atoms with Crippen molar-refractivity contribution in [1.82, 2.24) is 0 Å². The first-order valence-electron chi connectivity index (χ1n) is 8.34. The standard InChI is InChI=1S/C19H22FNO3S/c1-4-6-7-15(22)21-18-17(19(23)24-5-2)16(12(3)25-18)13-8-10-14(20)11-9-13/h8-11H,4-7H2,1-3H3,(H,21,22). The lowest BCUT2D eigenvalue weighted by molar-refractivity contribution is -0.116. The second-order valence-electron chi connectivity index (χ2n) is 5.62. The molecule has 0 unspecified atom stereocenters. The van der Waals surface area contributed by atoms with Crippen LogP contribution in [0.4, 0.5) is 9.39 Å². The van der Waals surface area contributed by atoms with Crippen LogP contribution >= 0.6 is 11.3 Å². The average Bonchev–Trinajstić information content (AvgIpc) is 2.90. The minimum atomic E-state index is -0.489. The van der Waals surface area contributed by atoms with Crippen molar-refractivity contribution in [2.24, 2.45) is 0 Å². The van der Waals surface area contributed by atoms with Crippen molar-refractivity contribution in [2.45, 2.75) is 40.0 Å². The Kier molecular flexibility index (Phi) is 6.70. The second-order valence-corrected chi connectivity index (χ2v) is 6.84. The number of amides is 1. The average molecular weight is 363 g/mol. The Morgan fingerprint density at radius 2 is 1.88 bits per heavy atom. The third-order valence-corrected chi connectivity index (χ3v) is 4.73. The fraction of sp³-hybridized carbons (Fsp3) is 0.368. The van der Waals surface area contributed by atoms with E-state index in [-0.39, 0.29) is 18.3 Å². The molecule has 0 spiro atoms. The van der Waals surface area contributed by atoms with Gasteiger partial charge in [0.2, 0.25) is 5.91 Å². The number of nitrogens with one attached hydrogen (secondary N) is 1. The molecule has 0 aliphatic heterocycles. The Labute approximate surface area is 151 Å². The Bertz CT molecular complexity index is 753. The number of hydrogen-bond donors (Lipinski definition) is 1. The lowest BCUT2D eigenvalue weighted by atomic mass is 10.0. The maximum Gasteiger partial charge on any atom is 0.341 e. The van der Waals surface area contributed by atoms with Crippen molar-refractivity contribution >= 4 is 28.2 Å². The summed E-state index contributed by atoms with van der Waals surface area (Å²) in [7, 11) is 0. The maximum atomic E-state index is 13.2. The molecule has 1 aromatic carbocycles. The van der Waals surface area contributed by atoms with Gasteiger partial charge in [0.05, 0.1) is 6.61 Å². The van der Waals surface area contributed by atoms with Crippen molar-refractivity contribution < 1.29 is 18.7 Å². The van der Waals surface area contributed by atoms with Crippen molar-refractivity contribution in [3.8, 4) is 11.1 Å². The van der Waals surface area contributed by atoms with E-state index < -0.39 is 5.97 Å². The minimum absolute atomic E-state index is 0.126. The fourth-order valence-corrected chi connectivity index (χ4v) is 3.60. The smallest absolute Gasteiger partial charge is 0.341 e. The number of halogens is 1. The van der Waals surface area contributed by atoms with Gasteiger partial charge in [-0.05, 0) is 38.0 Å². The van der Waals surface area contributed by atoms with Gasteiger partial charge in [-0.15, -0.1) is 11.3 Å². The zero-order chi connectivity index (χ0) is 18.4.